The van der Waals surface area contributed by atoms with Gasteiger partial charge in [0.25, 0.3) is 0 Å². The molecule has 0 fully saturated rings. The van der Waals surface area contributed by atoms with Gasteiger partial charge in [0.05, 0.1) is 0 Å². The van der Waals surface area contributed by atoms with Gasteiger partial charge in [-0.3, -0.25) is 0 Å². The van der Waals surface area contributed by atoms with Crippen LogP contribution < -0.4 is 0 Å². The average Bonchev–Trinajstić information content (AvgIpc) is 2.94. The lowest BCUT2D eigenvalue weighted by Gasteiger charge is -2.09. The van der Waals surface area contributed by atoms with Crippen molar-refractivity contribution in [3.63, 3.8) is 0 Å². The largest absolute Gasteiger partial charge is 0.0538 e. The number of halogens is 2. The molecule has 0 aliphatic rings. The predicted octanol–water partition coefficient (Wildman–Crippen LogP) is 10.7. The summed E-state index contributed by atoms with van der Waals surface area (Å²) in [4.78, 5) is 0. The molecule has 0 aromatic heterocycles. The second kappa shape index (κ2) is 10.2. The van der Waals surface area contributed by atoms with Crippen LogP contribution in [-0.4, -0.2) is 0 Å². The van der Waals surface area contributed by atoms with Crippen molar-refractivity contribution < 1.29 is 0 Å². The van der Waals surface area contributed by atoms with Gasteiger partial charge < -0.3 is 0 Å². The maximum Gasteiger partial charge on any atom is 0.0130 e. The molecule has 0 aliphatic heterocycles. The van der Waals surface area contributed by atoms with Gasteiger partial charge in [0, 0.05) is 7.14 Å². The van der Waals surface area contributed by atoms with Crippen LogP contribution in [0, 0.1) is 7.14 Å². The molecule has 0 spiro atoms. The fraction of sp³-hybridized carbons (Fsp3) is 0. The Morgan fingerprint density at radius 1 is 0.250 bits per heavy atom. The van der Waals surface area contributed by atoms with Crippen LogP contribution in [-0.2, 0) is 0 Å². The molecule has 0 N–H and O–H groups in total. The van der Waals surface area contributed by atoms with Gasteiger partial charge in [0.2, 0.25) is 0 Å². The van der Waals surface area contributed by atoms with Crippen LogP contribution in [0.15, 0.2) is 133 Å². The van der Waals surface area contributed by atoms with Crippen LogP contribution in [0.5, 0.6) is 0 Å². The zero-order chi connectivity index (χ0) is 24.5. The maximum absolute atomic E-state index is 2.34. The van der Waals surface area contributed by atoms with Crippen molar-refractivity contribution in [2.45, 2.75) is 0 Å². The van der Waals surface area contributed by atoms with E-state index >= 15 is 0 Å². The summed E-state index contributed by atoms with van der Waals surface area (Å²) in [6, 6.07) is 48.6. The van der Waals surface area contributed by atoms with E-state index in [9.17, 15) is 0 Å². The molecule has 0 heterocycles. The molecule has 0 nitrogen and oxygen atoms in total. The molecular formula is C34H22I2. The van der Waals surface area contributed by atoms with Crippen molar-refractivity contribution in [3.05, 3.63) is 141 Å². The number of hydrogen-bond acceptors (Lipinski definition) is 0. The molecule has 6 aromatic carbocycles. The second-order valence-electron chi connectivity index (χ2n) is 8.95. The van der Waals surface area contributed by atoms with Crippen LogP contribution in [0.25, 0.3) is 55.3 Å². The van der Waals surface area contributed by atoms with Crippen LogP contribution >= 0.6 is 45.2 Å². The molecule has 6 aromatic rings. The van der Waals surface area contributed by atoms with Crippen molar-refractivity contribution in [2.75, 3.05) is 0 Å². The van der Waals surface area contributed by atoms with Gasteiger partial charge in [0.15, 0.2) is 0 Å². The van der Waals surface area contributed by atoms with Gasteiger partial charge in [-0.05, 0) is 137 Å². The van der Waals surface area contributed by atoms with Gasteiger partial charge in [-0.1, -0.05) is 97.1 Å². The van der Waals surface area contributed by atoms with Crippen LogP contribution in [0.1, 0.15) is 0 Å². The molecule has 0 atom stereocenters. The van der Waals surface area contributed by atoms with E-state index in [2.05, 4.69) is 179 Å². The molecular weight excluding hydrogens is 662 g/mol. The minimum absolute atomic E-state index is 1.24. The molecule has 0 radical (unpaired) electrons. The first-order valence-corrected chi connectivity index (χ1v) is 14.0. The second-order valence-corrected chi connectivity index (χ2v) is 11.4. The molecule has 0 amide bonds. The van der Waals surface area contributed by atoms with E-state index in [0.717, 1.165) is 0 Å². The summed E-state index contributed by atoms with van der Waals surface area (Å²) in [5.74, 6) is 0. The van der Waals surface area contributed by atoms with E-state index in [1.165, 1.54) is 62.4 Å². The SMILES string of the molecule is Ic1ccc(-c2ccc(-c3ccc4cc(-c5ccc(-c6ccc(I)cc6)cc5)ccc4c3)cc2)cc1. The lowest BCUT2D eigenvalue weighted by atomic mass is 9.96. The summed E-state index contributed by atoms with van der Waals surface area (Å²) in [5.41, 5.74) is 9.95. The third-order valence-corrected chi connectivity index (χ3v) is 8.07. The Bertz CT molecular complexity index is 1520. The quantitative estimate of drug-likeness (QED) is 0.162. The van der Waals surface area contributed by atoms with E-state index in [-0.39, 0.29) is 0 Å². The van der Waals surface area contributed by atoms with Gasteiger partial charge in [0.1, 0.15) is 0 Å². The fourth-order valence-corrected chi connectivity index (χ4v) is 5.32. The Morgan fingerprint density at radius 2 is 0.472 bits per heavy atom. The molecule has 172 valence electrons. The number of benzene rings is 6. The van der Waals surface area contributed by atoms with Crippen LogP contribution in [0.4, 0.5) is 0 Å². The van der Waals surface area contributed by atoms with Crippen LogP contribution in [0.3, 0.4) is 0 Å². The van der Waals surface area contributed by atoms with Crippen molar-refractivity contribution in [3.8, 4) is 44.5 Å². The van der Waals surface area contributed by atoms with Crippen molar-refractivity contribution >= 4 is 56.0 Å². The third kappa shape index (κ3) is 4.97. The van der Waals surface area contributed by atoms with Crippen LogP contribution in [0.2, 0.25) is 0 Å². The summed E-state index contributed by atoms with van der Waals surface area (Å²) in [7, 11) is 0. The Hall–Kier alpha value is -2.96. The molecule has 6 rings (SSSR count). The highest BCUT2D eigenvalue weighted by atomic mass is 127. The lowest BCUT2D eigenvalue weighted by Crippen LogP contribution is -1.84. The van der Waals surface area contributed by atoms with E-state index in [1.54, 1.807) is 0 Å². The predicted molar refractivity (Wildman–Crippen MR) is 171 cm³/mol. The standard InChI is InChI=1S/C34H22I2/c35-33-17-13-25(14-18-33)23-1-5-27(6-2-23)29-9-11-32-22-30(10-12-31(32)21-29)28-7-3-24(4-8-28)26-15-19-34(36)20-16-26/h1-22H. The third-order valence-electron chi connectivity index (χ3n) is 6.63. The highest BCUT2D eigenvalue weighted by Crippen LogP contribution is 2.31. The first-order chi connectivity index (χ1) is 17.6. The molecule has 0 aliphatic carbocycles. The van der Waals surface area contributed by atoms with E-state index in [4.69, 9.17) is 0 Å². The van der Waals surface area contributed by atoms with E-state index in [0.29, 0.717) is 0 Å². The Labute approximate surface area is 239 Å². The first kappa shape index (κ1) is 23.4. The lowest BCUT2D eigenvalue weighted by molar-refractivity contribution is 1.58. The molecule has 0 saturated carbocycles. The fourth-order valence-electron chi connectivity index (χ4n) is 4.60. The molecule has 0 bridgehead atoms. The van der Waals surface area contributed by atoms with Crippen molar-refractivity contribution in [1.82, 2.24) is 0 Å². The Morgan fingerprint density at radius 3 is 0.778 bits per heavy atom. The maximum atomic E-state index is 2.34. The first-order valence-electron chi connectivity index (χ1n) is 11.9. The summed E-state index contributed by atoms with van der Waals surface area (Å²) in [5, 5.41) is 2.52. The number of fused-ring (bicyclic) bond motifs is 1. The zero-order valence-corrected chi connectivity index (χ0v) is 23.8. The molecule has 0 unspecified atom stereocenters. The zero-order valence-electron chi connectivity index (χ0n) is 19.5. The minimum Gasteiger partial charge on any atom is -0.0538 e. The summed E-state index contributed by atoms with van der Waals surface area (Å²) < 4.78 is 2.51. The van der Waals surface area contributed by atoms with Crippen molar-refractivity contribution in [1.29, 1.82) is 0 Å². The Balaban J connectivity index is 1.25. The minimum atomic E-state index is 1.24. The summed E-state index contributed by atoms with van der Waals surface area (Å²) in [6.07, 6.45) is 0. The van der Waals surface area contributed by atoms with Gasteiger partial charge >= 0.3 is 0 Å². The van der Waals surface area contributed by atoms with Gasteiger partial charge in [-0.25, -0.2) is 0 Å². The number of hydrogen-bond donors (Lipinski definition) is 0. The highest BCUT2D eigenvalue weighted by Gasteiger charge is 2.05. The van der Waals surface area contributed by atoms with E-state index in [1.807, 2.05) is 0 Å². The topological polar surface area (TPSA) is 0 Å². The summed E-state index contributed by atoms with van der Waals surface area (Å²) in [6.45, 7) is 0. The number of rotatable bonds is 4. The van der Waals surface area contributed by atoms with Gasteiger partial charge in [-0.15, -0.1) is 0 Å². The van der Waals surface area contributed by atoms with Crippen molar-refractivity contribution in [2.24, 2.45) is 0 Å². The molecule has 0 saturated heterocycles. The Kier molecular flexibility index (Phi) is 6.63. The van der Waals surface area contributed by atoms with E-state index < -0.39 is 0 Å². The average molecular weight is 684 g/mol. The molecule has 2 heteroatoms. The molecule has 36 heavy (non-hydrogen) atoms. The summed E-state index contributed by atoms with van der Waals surface area (Å²) >= 11 is 4.69. The highest BCUT2D eigenvalue weighted by molar-refractivity contribution is 14.1. The van der Waals surface area contributed by atoms with Gasteiger partial charge in [-0.2, -0.15) is 0 Å². The monoisotopic (exact) mass is 684 g/mol. The normalized spacial score (nSPS) is 11.1. The smallest absolute Gasteiger partial charge is 0.0130 e.